The highest BCUT2D eigenvalue weighted by Crippen LogP contribution is 2.23. The lowest BCUT2D eigenvalue weighted by molar-refractivity contribution is 0.214. The molecular formula is C9H20O3S. The van der Waals surface area contributed by atoms with Crippen molar-refractivity contribution in [3.05, 3.63) is 0 Å². The molecule has 0 aliphatic heterocycles. The van der Waals surface area contributed by atoms with Crippen LogP contribution in [0.15, 0.2) is 0 Å². The zero-order valence-corrected chi connectivity index (χ0v) is 9.94. The molecule has 0 rings (SSSR count). The lowest BCUT2D eigenvalue weighted by Gasteiger charge is -2.24. The van der Waals surface area contributed by atoms with E-state index in [2.05, 4.69) is 0 Å². The molecule has 1 unspecified atom stereocenters. The summed E-state index contributed by atoms with van der Waals surface area (Å²) in [6, 6.07) is 0. The van der Waals surface area contributed by atoms with Gasteiger partial charge in [0, 0.05) is 0 Å². The highest BCUT2D eigenvalue weighted by Gasteiger charge is 2.34. The molecule has 0 radical (unpaired) electrons. The summed E-state index contributed by atoms with van der Waals surface area (Å²) >= 11 is 0. The third kappa shape index (κ3) is 3.27. The molecule has 0 aromatic rings. The van der Waals surface area contributed by atoms with E-state index >= 15 is 0 Å². The molecule has 0 fully saturated rings. The lowest BCUT2D eigenvalue weighted by atomic mass is 10.1. The van der Waals surface area contributed by atoms with Gasteiger partial charge in [-0.05, 0) is 33.6 Å². The van der Waals surface area contributed by atoms with E-state index in [0.29, 0.717) is 12.8 Å². The second-order valence-electron chi connectivity index (χ2n) is 3.88. The van der Waals surface area contributed by atoms with E-state index in [1.165, 1.54) is 0 Å². The molecule has 0 aliphatic carbocycles. The Morgan fingerprint density at radius 1 is 1.31 bits per heavy atom. The molecule has 3 nitrogen and oxygen atoms in total. The molecule has 0 saturated carbocycles. The SMILES string of the molecule is CCC(C)OS(=O)(=O)C(C)(C)CC. The van der Waals surface area contributed by atoms with Gasteiger partial charge in [-0.25, -0.2) is 0 Å². The first-order chi connectivity index (χ1) is 5.77. The molecule has 1 atom stereocenters. The van der Waals surface area contributed by atoms with Crippen molar-refractivity contribution < 1.29 is 12.6 Å². The Kier molecular flexibility index (Phi) is 4.39. The van der Waals surface area contributed by atoms with Crippen LogP contribution in [0.2, 0.25) is 0 Å². The van der Waals surface area contributed by atoms with Crippen molar-refractivity contribution in [3.63, 3.8) is 0 Å². The average molecular weight is 208 g/mol. The Hall–Kier alpha value is -0.0900. The van der Waals surface area contributed by atoms with Gasteiger partial charge in [0.2, 0.25) is 0 Å². The zero-order chi connectivity index (χ0) is 10.7. The molecule has 0 spiro atoms. The molecule has 0 saturated heterocycles. The van der Waals surface area contributed by atoms with E-state index in [1.807, 2.05) is 13.8 Å². The molecule has 4 heteroatoms. The summed E-state index contributed by atoms with van der Waals surface area (Å²) in [5.41, 5.74) is 0. The molecule has 0 heterocycles. The third-order valence-electron chi connectivity index (χ3n) is 2.39. The van der Waals surface area contributed by atoms with Crippen molar-refractivity contribution in [3.8, 4) is 0 Å². The van der Waals surface area contributed by atoms with Crippen LogP contribution in [-0.2, 0) is 14.3 Å². The van der Waals surface area contributed by atoms with E-state index < -0.39 is 14.9 Å². The summed E-state index contributed by atoms with van der Waals surface area (Å²) < 4.78 is 27.5. The third-order valence-corrected chi connectivity index (χ3v) is 4.62. The summed E-state index contributed by atoms with van der Waals surface area (Å²) in [5, 5.41) is 0. The standard InChI is InChI=1S/C9H20O3S/c1-6-8(3)12-13(10,11)9(4,5)7-2/h8H,6-7H2,1-5H3. The largest absolute Gasteiger partial charge is 0.272 e. The Balaban J connectivity index is 4.59. The predicted octanol–water partition coefficient (Wildman–Crippen LogP) is 2.32. The van der Waals surface area contributed by atoms with Crippen molar-refractivity contribution in [2.45, 2.75) is 58.3 Å². The molecule has 80 valence electrons. The summed E-state index contributed by atoms with van der Waals surface area (Å²) in [7, 11) is -3.42. The van der Waals surface area contributed by atoms with Gasteiger partial charge >= 0.3 is 0 Å². The van der Waals surface area contributed by atoms with Crippen LogP contribution in [0.4, 0.5) is 0 Å². The highest BCUT2D eigenvalue weighted by molar-refractivity contribution is 7.88. The van der Waals surface area contributed by atoms with E-state index in [9.17, 15) is 8.42 Å². The number of hydrogen-bond acceptors (Lipinski definition) is 3. The minimum Gasteiger partial charge on any atom is -0.267 e. The summed E-state index contributed by atoms with van der Waals surface area (Å²) in [4.78, 5) is 0. The number of hydrogen-bond donors (Lipinski definition) is 0. The molecule has 0 bridgehead atoms. The van der Waals surface area contributed by atoms with Crippen molar-refractivity contribution in [1.29, 1.82) is 0 Å². The van der Waals surface area contributed by atoms with Crippen LogP contribution >= 0.6 is 0 Å². The molecule has 0 aromatic carbocycles. The smallest absolute Gasteiger partial charge is 0.267 e. The van der Waals surface area contributed by atoms with Crippen LogP contribution in [0.1, 0.15) is 47.5 Å². The van der Waals surface area contributed by atoms with Gasteiger partial charge in [-0.2, -0.15) is 8.42 Å². The quantitative estimate of drug-likeness (QED) is 0.651. The molecule has 0 N–H and O–H groups in total. The first-order valence-corrected chi connectivity index (χ1v) is 6.10. The monoisotopic (exact) mass is 208 g/mol. The minimum atomic E-state index is -3.42. The molecule has 0 aliphatic rings. The molecule has 0 amide bonds. The second-order valence-corrected chi connectivity index (χ2v) is 6.09. The topological polar surface area (TPSA) is 43.4 Å². The second kappa shape index (κ2) is 4.42. The Labute approximate surface area is 81.6 Å². The van der Waals surface area contributed by atoms with E-state index in [4.69, 9.17) is 4.18 Å². The zero-order valence-electron chi connectivity index (χ0n) is 9.12. The first kappa shape index (κ1) is 12.9. The van der Waals surface area contributed by atoms with Crippen LogP contribution in [0.5, 0.6) is 0 Å². The Morgan fingerprint density at radius 2 is 1.77 bits per heavy atom. The minimum absolute atomic E-state index is 0.226. The van der Waals surface area contributed by atoms with Crippen LogP contribution < -0.4 is 0 Å². The Morgan fingerprint density at radius 3 is 2.08 bits per heavy atom. The summed E-state index contributed by atoms with van der Waals surface area (Å²) in [5.74, 6) is 0. The van der Waals surface area contributed by atoms with Crippen molar-refractivity contribution >= 4 is 10.1 Å². The van der Waals surface area contributed by atoms with Gasteiger partial charge in [0.25, 0.3) is 10.1 Å². The fraction of sp³-hybridized carbons (Fsp3) is 1.00. The van der Waals surface area contributed by atoms with Gasteiger partial charge in [0.1, 0.15) is 0 Å². The van der Waals surface area contributed by atoms with E-state index in [0.717, 1.165) is 0 Å². The van der Waals surface area contributed by atoms with Crippen molar-refractivity contribution in [2.75, 3.05) is 0 Å². The fourth-order valence-corrected chi connectivity index (χ4v) is 1.77. The van der Waals surface area contributed by atoms with Gasteiger partial charge in [0.15, 0.2) is 0 Å². The number of rotatable bonds is 5. The van der Waals surface area contributed by atoms with Crippen molar-refractivity contribution in [2.24, 2.45) is 0 Å². The van der Waals surface area contributed by atoms with Gasteiger partial charge in [-0.3, -0.25) is 4.18 Å². The van der Waals surface area contributed by atoms with Crippen LogP contribution in [0.3, 0.4) is 0 Å². The fourth-order valence-electron chi connectivity index (χ4n) is 0.591. The van der Waals surface area contributed by atoms with Crippen LogP contribution in [-0.4, -0.2) is 19.3 Å². The van der Waals surface area contributed by atoms with Gasteiger partial charge in [-0.15, -0.1) is 0 Å². The van der Waals surface area contributed by atoms with E-state index in [-0.39, 0.29) is 6.10 Å². The van der Waals surface area contributed by atoms with Crippen LogP contribution in [0, 0.1) is 0 Å². The van der Waals surface area contributed by atoms with Gasteiger partial charge in [-0.1, -0.05) is 13.8 Å². The summed E-state index contributed by atoms with van der Waals surface area (Å²) in [6.45, 7) is 8.88. The maximum Gasteiger partial charge on any atom is 0.272 e. The molecule has 0 aromatic heterocycles. The summed E-state index contributed by atoms with van der Waals surface area (Å²) in [6.07, 6.45) is 1.04. The van der Waals surface area contributed by atoms with Crippen molar-refractivity contribution in [1.82, 2.24) is 0 Å². The average Bonchev–Trinajstić information content (AvgIpc) is 2.03. The maximum atomic E-state index is 11.6. The van der Waals surface area contributed by atoms with Crippen LogP contribution in [0.25, 0.3) is 0 Å². The first-order valence-electron chi connectivity index (χ1n) is 4.69. The molecule has 13 heavy (non-hydrogen) atoms. The molecular weight excluding hydrogens is 188 g/mol. The Bertz CT molecular complexity index is 242. The lowest BCUT2D eigenvalue weighted by Crippen LogP contribution is -2.34. The van der Waals surface area contributed by atoms with E-state index in [1.54, 1.807) is 20.8 Å². The maximum absolute atomic E-state index is 11.6. The predicted molar refractivity (Wildman–Crippen MR) is 54.1 cm³/mol. The highest BCUT2D eigenvalue weighted by atomic mass is 32.2. The normalized spacial score (nSPS) is 15.8. The van der Waals surface area contributed by atoms with Gasteiger partial charge in [0.05, 0.1) is 10.9 Å². The van der Waals surface area contributed by atoms with Gasteiger partial charge < -0.3 is 0 Å².